The molecule has 0 spiro atoms. The zero-order valence-corrected chi connectivity index (χ0v) is 14.2. The van der Waals surface area contributed by atoms with Gasteiger partial charge >= 0.3 is 0 Å². The Bertz CT molecular complexity index is 507. The van der Waals surface area contributed by atoms with Crippen molar-refractivity contribution in [3.8, 4) is 0 Å². The van der Waals surface area contributed by atoms with Crippen molar-refractivity contribution in [1.82, 2.24) is 4.90 Å². The van der Waals surface area contributed by atoms with E-state index >= 15 is 0 Å². The topological polar surface area (TPSA) is 6.48 Å². The quantitative estimate of drug-likeness (QED) is 0.771. The molecule has 0 N–H and O–H groups in total. The van der Waals surface area contributed by atoms with Crippen LogP contribution in [0.1, 0.15) is 56.7 Å². The first-order valence-electron chi connectivity index (χ1n) is 8.55. The minimum Gasteiger partial charge on any atom is -0.371 e. The van der Waals surface area contributed by atoms with Crippen LogP contribution in [0.2, 0.25) is 0 Å². The van der Waals surface area contributed by atoms with E-state index in [0.29, 0.717) is 0 Å². The number of fused-ring (bicyclic) bond motifs is 1. The molecule has 0 saturated carbocycles. The first-order chi connectivity index (χ1) is 9.95. The highest BCUT2D eigenvalue weighted by Gasteiger charge is 2.24. The molecule has 0 aromatic heterocycles. The van der Waals surface area contributed by atoms with E-state index in [1.54, 1.807) is 16.8 Å². The van der Waals surface area contributed by atoms with Gasteiger partial charge in [-0.2, -0.15) is 0 Å². The Kier molecular flexibility index (Phi) is 4.00. The third kappa shape index (κ3) is 3.11. The zero-order valence-electron chi connectivity index (χ0n) is 14.2. The SMILES string of the molecule is CN1CCc2c(cc(C(C)(C)C)cc2N2CCCCC2)C1. The Morgan fingerprint density at radius 1 is 0.952 bits per heavy atom. The lowest BCUT2D eigenvalue weighted by atomic mass is 9.83. The normalized spacial score (nSPS) is 20.5. The van der Waals surface area contributed by atoms with Gasteiger partial charge in [0.05, 0.1) is 0 Å². The molecule has 0 atom stereocenters. The van der Waals surface area contributed by atoms with Crippen molar-refractivity contribution in [2.24, 2.45) is 0 Å². The van der Waals surface area contributed by atoms with Crippen molar-refractivity contribution in [3.63, 3.8) is 0 Å². The maximum atomic E-state index is 2.66. The summed E-state index contributed by atoms with van der Waals surface area (Å²) in [5, 5.41) is 0. The third-order valence-corrected chi connectivity index (χ3v) is 5.07. The Morgan fingerprint density at radius 3 is 2.33 bits per heavy atom. The smallest absolute Gasteiger partial charge is 0.0405 e. The molecule has 116 valence electrons. The molecule has 1 aromatic rings. The van der Waals surface area contributed by atoms with E-state index in [1.807, 2.05) is 0 Å². The minimum absolute atomic E-state index is 0.232. The number of benzene rings is 1. The lowest BCUT2D eigenvalue weighted by Gasteiger charge is -2.36. The van der Waals surface area contributed by atoms with Gasteiger partial charge in [0, 0.05) is 31.9 Å². The highest BCUT2D eigenvalue weighted by Crippen LogP contribution is 2.35. The standard InChI is InChI=1S/C19H30N2/c1-19(2,3)16-12-15-14-20(4)11-8-17(15)18(13-16)21-9-6-5-7-10-21/h12-13H,5-11,14H2,1-4H3. The minimum atomic E-state index is 0.232. The molecule has 2 heterocycles. The fraction of sp³-hybridized carbons (Fsp3) is 0.684. The lowest BCUT2D eigenvalue weighted by molar-refractivity contribution is 0.312. The largest absolute Gasteiger partial charge is 0.371 e. The number of nitrogens with zero attached hydrogens (tertiary/aromatic N) is 2. The Morgan fingerprint density at radius 2 is 1.67 bits per heavy atom. The van der Waals surface area contributed by atoms with Crippen LogP contribution < -0.4 is 4.90 Å². The first kappa shape index (κ1) is 14.9. The van der Waals surface area contributed by atoms with E-state index in [9.17, 15) is 0 Å². The second kappa shape index (κ2) is 5.64. The van der Waals surface area contributed by atoms with Gasteiger partial charge in [-0.15, -0.1) is 0 Å². The Hall–Kier alpha value is -1.02. The van der Waals surface area contributed by atoms with Crippen LogP contribution in [0.3, 0.4) is 0 Å². The lowest BCUT2D eigenvalue weighted by Crippen LogP contribution is -2.34. The summed E-state index contributed by atoms with van der Waals surface area (Å²) in [6, 6.07) is 4.97. The molecule has 1 fully saturated rings. The van der Waals surface area contributed by atoms with Crippen molar-refractivity contribution in [3.05, 3.63) is 28.8 Å². The van der Waals surface area contributed by atoms with Crippen LogP contribution in [-0.2, 0) is 18.4 Å². The first-order valence-corrected chi connectivity index (χ1v) is 8.55. The molecular weight excluding hydrogens is 256 g/mol. The van der Waals surface area contributed by atoms with Gasteiger partial charge in [0.15, 0.2) is 0 Å². The van der Waals surface area contributed by atoms with Crippen LogP contribution in [0.4, 0.5) is 5.69 Å². The molecule has 0 bridgehead atoms. The fourth-order valence-electron chi connectivity index (χ4n) is 3.67. The maximum Gasteiger partial charge on any atom is 0.0405 e. The van der Waals surface area contributed by atoms with E-state index in [0.717, 1.165) is 6.54 Å². The average molecular weight is 286 g/mol. The number of hydrogen-bond donors (Lipinski definition) is 0. The second-order valence-electron chi connectivity index (χ2n) is 7.92. The van der Waals surface area contributed by atoms with Crippen LogP contribution in [0.15, 0.2) is 12.1 Å². The summed E-state index contributed by atoms with van der Waals surface area (Å²) in [5.41, 5.74) is 6.47. The average Bonchev–Trinajstić information content (AvgIpc) is 2.45. The van der Waals surface area contributed by atoms with Gasteiger partial charge in [0.25, 0.3) is 0 Å². The van der Waals surface area contributed by atoms with Crippen molar-refractivity contribution in [2.45, 2.75) is 58.4 Å². The summed E-state index contributed by atoms with van der Waals surface area (Å²) in [7, 11) is 2.24. The molecule has 0 aliphatic carbocycles. The number of piperidine rings is 1. The third-order valence-electron chi connectivity index (χ3n) is 5.07. The Balaban J connectivity index is 2.05. The summed E-state index contributed by atoms with van der Waals surface area (Å²) < 4.78 is 0. The number of likely N-dealkylation sites (N-methyl/N-ethyl adjacent to an activating group) is 1. The van der Waals surface area contributed by atoms with Crippen molar-refractivity contribution >= 4 is 5.69 Å². The molecule has 3 rings (SSSR count). The van der Waals surface area contributed by atoms with Gasteiger partial charge in [0.1, 0.15) is 0 Å². The van der Waals surface area contributed by atoms with Gasteiger partial charge in [-0.1, -0.05) is 26.8 Å². The van der Waals surface area contributed by atoms with E-state index in [-0.39, 0.29) is 5.41 Å². The molecule has 2 heteroatoms. The van der Waals surface area contributed by atoms with Crippen LogP contribution in [0.25, 0.3) is 0 Å². The monoisotopic (exact) mass is 286 g/mol. The summed E-state index contributed by atoms with van der Waals surface area (Å²) in [4.78, 5) is 5.11. The maximum absolute atomic E-state index is 2.66. The van der Waals surface area contributed by atoms with E-state index in [2.05, 4.69) is 49.8 Å². The molecular formula is C19H30N2. The van der Waals surface area contributed by atoms with Gasteiger partial charge in [-0.25, -0.2) is 0 Å². The molecule has 2 nitrogen and oxygen atoms in total. The van der Waals surface area contributed by atoms with Gasteiger partial charge in [-0.3, -0.25) is 0 Å². The van der Waals surface area contributed by atoms with Gasteiger partial charge in [0.2, 0.25) is 0 Å². The molecule has 0 radical (unpaired) electrons. The number of rotatable bonds is 1. The second-order valence-corrected chi connectivity index (χ2v) is 7.92. The van der Waals surface area contributed by atoms with Crippen LogP contribution in [0, 0.1) is 0 Å². The van der Waals surface area contributed by atoms with Crippen LogP contribution in [-0.4, -0.2) is 31.6 Å². The molecule has 21 heavy (non-hydrogen) atoms. The summed E-state index contributed by atoms with van der Waals surface area (Å²) in [6.45, 7) is 11.8. The van der Waals surface area contributed by atoms with Gasteiger partial charge < -0.3 is 9.80 Å². The highest BCUT2D eigenvalue weighted by molar-refractivity contribution is 5.61. The summed E-state index contributed by atoms with van der Waals surface area (Å²) >= 11 is 0. The predicted molar refractivity (Wildman–Crippen MR) is 91.2 cm³/mol. The summed E-state index contributed by atoms with van der Waals surface area (Å²) in [5.74, 6) is 0. The molecule has 2 aliphatic rings. The van der Waals surface area contributed by atoms with E-state index < -0.39 is 0 Å². The zero-order chi connectivity index (χ0) is 15.0. The van der Waals surface area contributed by atoms with Crippen LogP contribution in [0.5, 0.6) is 0 Å². The fourth-order valence-corrected chi connectivity index (χ4v) is 3.67. The molecule has 0 amide bonds. The molecule has 1 aromatic carbocycles. The van der Waals surface area contributed by atoms with Crippen molar-refractivity contribution < 1.29 is 0 Å². The highest BCUT2D eigenvalue weighted by atomic mass is 15.1. The number of hydrogen-bond acceptors (Lipinski definition) is 2. The van der Waals surface area contributed by atoms with Crippen LogP contribution >= 0.6 is 0 Å². The molecule has 0 unspecified atom stereocenters. The number of anilines is 1. The predicted octanol–water partition coefficient (Wildman–Crippen LogP) is 3.96. The van der Waals surface area contributed by atoms with Gasteiger partial charge in [-0.05, 0) is 60.9 Å². The Labute approximate surface area is 130 Å². The van der Waals surface area contributed by atoms with E-state index in [1.165, 1.54) is 50.9 Å². The molecule has 2 aliphatic heterocycles. The van der Waals surface area contributed by atoms with E-state index in [4.69, 9.17) is 0 Å². The molecule has 1 saturated heterocycles. The van der Waals surface area contributed by atoms with Crippen molar-refractivity contribution in [2.75, 3.05) is 31.6 Å². The van der Waals surface area contributed by atoms with Crippen molar-refractivity contribution in [1.29, 1.82) is 0 Å². The summed E-state index contributed by atoms with van der Waals surface area (Å²) in [6.07, 6.45) is 5.32.